The van der Waals surface area contributed by atoms with Gasteiger partial charge in [-0.15, -0.1) is 11.3 Å². The Morgan fingerprint density at radius 2 is 2.04 bits per heavy atom. The number of alkyl halides is 2. The number of esters is 1. The van der Waals surface area contributed by atoms with Crippen LogP contribution in [0.15, 0.2) is 40.3 Å². The summed E-state index contributed by atoms with van der Waals surface area (Å²) >= 11 is 1.46. The van der Waals surface area contributed by atoms with Crippen LogP contribution in [0.5, 0.6) is 5.75 Å². The highest BCUT2D eigenvalue weighted by Crippen LogP contribution is 2.22. The monoisotopic (exact) mass is 336 g/mol. The number of aliphatic imine (C=N–C) groups is 1. The van der Waals surface area contributed by atoms with E-state index in [1.54, 1.807) is 5.38 Å². The van der Waals surface area contributed by atoms with Crippen LogP contribution in [0.3, 0.4) is 0 Å². The summed E-state index contributed by atoms with van der Waals surface area (Å²) in [5.74, 6) is -0.460. The van der Waals surface area contributed by atoms with E-state index < -0.39 is 12.6 Å². The number of aryl methyl sites for hydroxylation is 1. The van der Waals surface area contributed by atoms with Crippen molar-refractivity contribution in [3.05, 3.63) is 51.6 Å². The number of aromatic nitrogens is 1. The molecule has 1 aromatic heterocycles. The first-order chi connectivity index (χ1) is 11.0. The standard InChI is InChI=1S/C15H10F2N2O3S/c1-8-18-10(7-23-8)6-12-14(20)22-13(19-12)9-2-4-11(5-3-9)21-15(16)17/h2-7,15H,1H3/b12-6-. The number of benzene rings is 1. The fraction of sp³-hybridized carbons (Fsp3) is 0.133. The topological polar surface area (TPSA) is 60.8 Å². The van der Waals surface area contributed by atoms with E-state index in [2.05, 4.69) is 14.7 Å². The lowest BCUT2D eigenvalue weighted by molar-refractivity contribution is -0.129. The van der Waals surface area contributed by atoms with Crippen molar-refractivity contribution >= 4 is 29.3 Å². The van der Waals surface area contributed by atoms with Gasteiger partial charge in [0.1, 0.15) is 5.75 Å². The summed E-state index contributed by atoms with van der Waals surface area (Å²) in [7, 11) is 0. The van der Waals surface area contributed by atoms with Crippen molar-refractivity contribution in [1.82, 2.24) is 4.98 Å². The molecule has 1 aliphatic rings. The minimum absolute atomic E-state index is 0.0161. The molecule has 0 radical (unpaired) electrons. The summed E-state index contributed by atoms with van der Waals surface area (Å²) in [6.07, 6.45) is 1.53. The Kier molecular flexibility index (Phi) is 4.16. The normalized spacial score (nSPS) is 15.9. The molecule has 2 heterocycles. The number of hydrogen-bond acceptors (Lipinski definition) is 6. The van der Waals surface area contributed by atoms with E-state index in [4.69, 9.17) is 4.74 Å². The van der Waals surface area contributed by atoms with E-state index in [0.29, 0.717) is 11.3 Å². The van der Waals surface area contributed by atoms with E-state index in [9.17, 15) is 13.6 Å². The summed E-state index contributed by atoms with van der Waals surface area (Å²) in [6, 6.07) is 5.67. The number of rotatable bonds is 4. The van der Waals surface area contributed by atoms with Crippen LogP contribution in [0.25, 0.3) is 6.08 Å². The maximum absolute atomic E-state index is 12.1. The molecule has 23 heavy (non-hydrogen) atoms. The van der Waals surface area contributed by atoms with Gasteiger partial charge in [-0.2, -0.15) is 8.78 Å². The quantitative estimate of drug-likeness (QED) is 0.634. The Balaban J connectivity index is 1.82. The lowest BCUT2D eigenvalue weighted by Gasteiger charge is -2.04. The molecule has 0 bridgehead atoms. The number of ether oxygens (including phenoxy) is 2. The van der Waals surface area contributed by atoms with E-state index in [0.717, 1.165) is 5.01 Å². The van der Waals surface area contributed by atoms with Crippen molar-refractivity contribution < 1.29 is 23.0 Å². The molecule has 1 aromatic carbocycles. The van der Waals surface area contributed by atoms with Crippen LogP contribution in [0.2, 0.25) is 0 Å². The molecule has 118 valence electrons. The van der Waals surface area contributed by atoms with Gasteiger partial charge in [0.15, 0.2) is 5.70 Å². The number of thiazole rings is 1. The second-order valence-electron chi connectivity index (χ2n) is 4.53. The highest BCUT2D eigenvalue weighted by Gasteiger charge is 2.24. The first-order valence-electron chi connectivity index (χ1n) is 6.51. The number of carbonyl (C=O) groups is 1. The highest BCUT2D eigenvalue weighted by atomic mass is 32.1. The number of hydrogen-bond donors (Lipinski definition) is 0. The predicted molar refractivity (Wildman–Crippen MR) is 80.5 cm³/mol. The maximum Gasteiger partial charge on any atom is 0.387 e. The average molecular weight is 336 g/mol. The van der Waals surface area contributed by atoms with E-state index in [1.165, 1.54) is 41.7 Å². The summed E-state index contributed by atoms with van der Waals surface area (Å²) < 4.78 is 33.6. The van der Waals surface area contributed by atoms with Crippen LogP contribution in [-0.4, -0.2) is 23.5 Å². The van der Waals surface area contributed by atoms with Gasteiger partial charge in [0, 0.05) is 10.9 Å². The molecule has 3 rings (SSSR count). The molecular weight excluding hydrogens is 326 g/mol. The summed E-state index contributed by atoms with van der Waals surface area (Å²) in [5, 5.41) is 2.68. The number of nitrogens with zero attached hydrogens (tertiary/aromatic N) is 2. The third-order valence-corrected chi connectivity index (χ3v) is 3.66. The molecule has 0 aliphatic carbocycles. The van der Waals surface area contributed by atoms with Crippen LogP contribution < -0.4 is 4.74 Å². The van der Waals surface area contributed by atoms with Crippen molar-refractivity contribution in [3.63, 3.8) is 0 Å². The van der Waals surface area contributed by atoms with Gasteiger partial charge in [-0.05, 0) is 37.3 Å². The predicted octanol–water partition coefficient (Wildman–Crippen LogP) is 3.40. The number of carbonyl (C=O) groups excluding carboxylic acids is 1. The van der Waals surface area contributed by atoms with Crippen molar-refractivity contribution in [2.75, 3.05) is 0 Å². The second-order valence-corrected chi connectivity index (χ2v) is 5.59. The zero-order chi connectivity index (χ0) is 16.4. The van der Waals surface area contributed by atoms with Crippen LogP contribution >= 0.6 is 11.3 Å². The van der Waals surface area contributed by atoms with Crippen LogP contribution in [0.1, 0.15) is 16.3 Å². The van der Waals surface area contributed by atoms with E-state index >= 15 is 0 Å². The minimum atomic E-state index is -2.89. The molecule has 0 N–H and O–H groups in total. The van der Waals surface area contributed by atoms with Crippen LogP contribution in [-0.2, 0) is 9.53 Å². The Morgan fingerprint density at radius 1 is 1.30 bits per heavy atom. The maximum atomic E-state index is 12.1. The molecule has 0 atom stereocenters. The van der Waals surface area contributed by atoms with Crippen molar-refractivity contribution in [2.24, 2.45) is 4.99 Å². The molecule has 1 aliphatic heterocycles. The highest BCUT2D eigenvalue weighted by molar-refractivity contribution is 7.09. The fourth-order valence-electron chi connectivity index (χ4n) is 1.90. The lowest BCUT2D eigenvalue weighted by Crippen LogP contribution is -2.06. The molecule has 5 nitrogen and oxygen atoms in total. The SMILES string of the molecule is Cc1nc(/C=C2\N=C(c3ccc(OC(F)F)cc3)OC2=O)cs1. The third-order valence-electron chi connectivity index (χ3n) is 2.87. The summed E-state index contributed by atoms with van der Waals surface area (Å²) in [5.41, 5.74) is 1.25. The molecule has 0 unspecified atom stereocenters. The smallest absolute Gasteiger partial charge is 0.387 e. The Labute approximate surface area is 133 Å². The summed E-state index contributed by atoms with van der Waals surface area (Å²) in [4.78, 5) is 20.2. The van der Waals surface area contributed by atoms with Gasteiger partial charge in [0.05, 0.1) is 10.7 Å². The molecule has 8 heteroatoms. The van der Waals surface area contributed by atoms with Gasteiger partial charge < -0.3 is 9.47 Å². The zero-order valence-electron chi connectivity index (χ0n) is 11.8. The van der Waals surface area contributed by atoms with Gasteiger partial charge in [-0.1, -0.05) is 0 Å². The van der Waals surface area contributed by atoms with E-state index in [1.807, 2.05) is 6.92 Å². The average Bonchev–Trinajstić information content (AvgIpc) is 3.06. The molecule has 0 fully saturated rings. The summed E-state index contributed by atoms with van der Waals surface area (Å²) in [6.45, 7) is -1.03. The van der Waals surface area contributed by atoms with Gasteiger partial charge in [0.25, 0.3) is 0 Å². The van der Waals surface area contributed by atoms with Crippen LogP contribution in [0.4, 0.5) is 8.78 Å². The fourth-order valence-corrected chi connectivity index (χ4v) is 2.47. The first kappa shape index (κ1) is 15.3. The zero-order valence-corrected chi connectivity index (χ0v) is 12.6. The van der Waals surface area contributed by atoms with E-state index in [-0.39, 0.29) is 17.3 Å². The van der Waals surface area contributed by atoms with Gasteiger partial charge in [0.2, 0.25) is 5.90 Å². The molecule has 0 saturated heterocycles. The van der Waals surface area contributed by atoms with Gasteiger partial charge in [-0.3, -0.25) is 0 Å². The molecule has 2 aromatic rings. The van der Waals surface area contributed by atoms with Crippen molar-refractivity contribution in [1.29, 1.82) is 0 Å². The minimum Gasteiger partial charge on any atom is -0.435 e. The molecule has 0 spiro atoms. The Bertz CT molecular complexity index is 797. The molecule has 0 amide bonds. The molecular formula is C15H10F2N2O3S. The number of cyclic esters (lactones) is 1. The first-order valence-corrected chi connectivity index (χ1v) is 7.39. The largest absolute Gasteiger partial charge is 0.435 e. The van der Waals surface area contributed by atoms with Crippen LogP contribution in [0, 0.1) is 6.92 Å². The Hall–Kier alpha value is -2.61. The third kappa shape index (κ3) is 3.59. The lowest BCUT2D eigenvalue weighted by atomic mass is 10.2. The molecule has 0 saturated carbocycles. The van der Waals surface area contributed by atoms with Gasteiger partial charge in [-0.25, -0.2) is 14.8 Å². The van der Waals surface area contributed by atoms with Crippen molar-refractivity contribution in [2.45, 2.75) is 13.5 Å². The van der Waals surface area contributed by atoms with Crippen molar-refractivity contribution in [3.8, 4) is 5.75 Å². The Morgan fingerprint density at radius 3 is 2.65 bits per heavy atom. The second kappa shape index (κ2) is 6.25. The number of halogens is 2. The van der Waals surface area contributed by atoms with Gasteiger partial charge >= 0.3 is 12.6 Å².